The Morgan fingerprint density at radius 2 is 1.04 bits per heavy atom. The second kappa shape index (κ2) is 13.7. The molecule has 0 atom stereocenters. The fourth-order valence-electron chi connectivity index (χ4n) is 6.23. The van der Waals surface area contributed by atoms with E-state index >= 15 is 0 Å². The van der Waals surface area contributed by atoms with Gasteiger partial charge in [0.05, 0.1) is 17.3 Å². The zero-order valence-corrected chi connectivity index (χ0v) is 27.5. The maximum atomic E-state index is 9.32. The molecular formula is C45H30N6. The smallest absolute Gasteiger partial charge is 0.164 e. The summed E-state index contributed by atoms with van der Waals surface area (Å²) in [5.74, 6) is 1.85. The highest BCUT2D eigenvalue weighted by molar-refractivity contribution is 6.20. The molecule has 8 rings (SSSR count). The molecule has 2 heterocycles. The van der Waals surface area contributed by atoms with E-state index in [1.165, 1.54) is 6.21 Å². The van der Waals surface area contributed by atoms with E-state index < -0.39 is 0 Å². The summed E-state index contributed by atoms with van der Waals surface area (Å²) in [7, 11) is 0. The molecule has 6 aromatic carbocycles. The van der Waals surface area contributed by atoms with Crippen LogP contribution in [0.4, 0.5) is 0 Å². The number of rotatable bonds is 7. The Balaban J connectivity index is 1.20. The third kappa shape index (κ3) is 6.35. The highest BCUT2D eigenvalue weighted by Gasteiger charge is 2.21. The van der Waals surface area contributed by atoms with Crippen LogP contribution in [0.5, 0.6) is 0 Å². The van der Waals surface area contributed by atoms with E-state index in [0.717, 1.165) is 67.0 Å². The standard InChI is InChI=1S/C45H30N6/c46-28-30-16-18-33(19-17-30)41-27-38-25-24-37(26-39(38)42(48-41)40(29-47)32-10-4-1-5-11-32)31-20-22-36(23-21-31)45-50-43(34-12-6-2-7-13-34)49-44(51-45)35-14-8-3-9-15-35/h1-27,29,47-48H/b42-40+,47-29?. The van der Waals surface area contributed by atoms with Gasteiger partial charge in [0.15, 0.2) is 17.5 Å². The summed E-state index contributed by atoms with van der Waals surface area (Å²) in [4.78, 5) is 14.6. The van der Waals surface area contributed by atoms with E-state index in [1.807, 2.05) is 115 Å². The molecule has 1 aliphatic rings. The zero-order valence-electron chi connectivity index (χ0n) is 27.5. The van der Waals surface area contributed by atoms with Crippen molar-refractivity contribution in [2.75, 3.05) is 0 Å². The summed E-state index contributed by atoms with van der Waals surface area (Å²) in [5, 5.41) is 21.4. The maximum absolute atomic E-state index is 9.32. The lowest BCUT2D eigenvalue weighted by molar-refractivity contribution is 1.07. The number of aromatic nitrogens is 3. The summed E-state index contributed by atoms with van der Waals surface area (Å²) in [6, 6.07) is 54.4. The number of hydrogen-bond acceptors (Lipinski definition) is 6. The molecule has 0 saturated carbocycles. The summed E-state index contributed by atoms with van der Waals surface area (Å²) < 4.78 is 0. The van der Waals surface area contributed by atoms with Gasteiger partial charge in [0.1, 0.15) is 0 Å². The van der Waals surface area contributed by atoms with Crippen molar-refractivity contribution in [3.05, 3.63) is 186 Å². The molecule has 0 spiro atoms. The summed E-state index contributed by atoms with van der Waals surface area (Å²) in [6.07, 6.45) is 3.53. The van der Waals surface area contributed by atoms with Crippen LogP contribution in [-0.2, 0) is 0 Å². The monoisotopic (exact) mass is 654 g/mol. The molecule has 240 valence electrons. The first kappa shape index (κ1) is 31.1. The Morgan fingerprint density at radius 3 is 1.59 bits per heavy atom. The number of nitrogens with zero attached hydrogens (tertiary/aromatic N) is 4. The topological polar surface area (TPSA) is 98.3 Å². The second-order valence-electron chi connectivity index (χ2n) is 12.1. The molecule has 2 N–H and O–H groups in total. The molecule has 0 aliphatic carbocycles. The van der Waals surface area contributed by atoms with Gasteiger partial charge in [0, 0.05) is 39.7 Å². The Morgan fingerprint density at radius 1 is 0.549 bits per heavy atom. The maximum Gasteiger partial charge on any atom is 0.164 e. The molecule has 7 aromatic rings. The second-order valence-corrected chi connectivity index (χ2v) is 12.1. The zero-order chi connectivity index (χ0) is 34.6. The molecule has 0 bridgehead atoms. The minimum Gasteiger partial charge on any atom is -0.354 e. The summed E-state index contributed by atoms with van der Waals surface area (Å²) in [6.45, 7) is 0. The predicted octanol–water partition coefficient (Wildman–Crippen LogP) is 10.0. The van der Waals surface area contributed by atoms with Gasteiger partial charge in [-0.2, -0.15) is 5.26 Å². The van der Waals surface area contributed by atoms with Crippen molar-refractivity contribution in [1.29, 1.82) is 10.7 Å². The SMILES string of the molecule is N#Cc1ccc(C2=Cc3ccc(-c4ccc(-c5nc(-c6ccccc6)nc(-c6ccccc6)n5)cc4)cc3/C(=C(/C=N)c3ccccc3)N2)cc1. The molecule has 6 nitrogen and oxygen atoms in total. The number of allylic oxidation sites excluding steroid dienone is 1. The van der Waals surface area contributed by atoms with E-state index in [9.17, 15) is 5.26 Å². The quantitative estimate of drug-likeness (QED) is 0.167. The van der Waals surface area contributed by atoms with Crippen molar-refractivity contribution in [2.45, 2.75) is 0 Å². The molecule has 1 aliphatic heterocycles. The van der Waals surface area contributed by atoms with Crippen LogP contribution < -0.4 is 5.32 Å². The number of fused-ring (bicyclic) bond motifs is 1. The van der Waals surface area contributed by atoms with Crippen molar-refractivity contribution < 1.29 is 0 Å². The molecular weight excluding hydrogens is 625 g/mol. The van der Waals surface area contributed by atoms with E-state index in [4.69, 9.17) is 20.4 Å². The molecule has 0 unspecified atom stereocenters. The first-order chi connectivity index (χ1) is 25.2. The van der Waals surface area contributed by atoms with Crippen LogP contribution in [0.1, 0.15) is 27.8 Å². The highest BCUT2D eigenvalue weighted by atomic mass is 15.0. The minimum atomic E-state index is 0.605. The fraction of sp³-hybridized carbons (Fsp3) is 0. The van der Waals surface area contributed by atoms with Gasteiger partial charge in [-0.05, 0) is 52.1 Å². The van der Waals surface area contributed by atoms with Crippen LogP contribution in [0.25, 0.3) is 68.3 Å². The van der Waals surface area contributed by atoms with Gasteiger partial charge in [-0.3, -0.25) is 0 Å². The lowest BCUT2D eigenvalue weighted by Gasteiger charge is -2.25. The Bertz CT molecular complexity index is 2420. The van der Waals surface area contributed by atoms with Gasteiger partial charge in [-0.25, -0.2) is 15.0 Å². The third-order valence-electron chi connectivity index (χ3n) is 8.88. The van der Waals surface area contributed by atoms with Crippen molar-refractivity contribution in [3.63, 3.8) is 0 Å². The van der Waals surface area contributed by atoms with Crippen molar-refractivity contribution >= 4 is 29.3 Å². The van der Waals surface area contributed by atoms with Crippen LogP contribution in [0.3, 0.4) is 0 Å². The van der Waals surface area contributed by atoms with Gasteiger partial charge in [-0.1, -0.05) is 140 Å². The number of nitrogens with one attached hydrogen (secondary N) is 2. The normalized spacial score (nSPS) is 12.9. The molecule has 0 amide bonds. The average molecular weight is 655 g/mol. The van der Waals surface area contributed by atoms with Gasteiger partial charge >= 0.3 is 0 Å². The predicted molar refractivity (Wildman–Crippen MR) is 206 cm³/mol. The van der Waals surface area contributed by atoms with E-state index in [1.54, 1.807) is 0 Å². The van der Waals surface area contributed by atoms with E-state index in [2.05, 4.69) is 59.9 Å². The Kier molecular flexibility index (Phi) is 8.35. The van der Waals surface area contributed by atoms with Crippen molar-refractivity contribution in [3.8, 4) is 51.4 Å². The average Bonchev–Trinajstić information content (AvgIpc) is 3.22. The van der Waals surface area contributed by atoms with Gasteiger partial charge in [-0.15, -0.1) is 0 Å². The molecule has 1 aromatic heterocycles. The van der Waals surface area contributed by atoms with Crippen molar-refractivity contribution in [2.24, 2.45) is 0 Å². The molecule has 0 fully saturated rings. The molecule has 0 saturated heterocycles. The van der Waals surface area contributed by atoms with Gasteiger partial charge in [0.25, 0.3) is 0 Å². The van der Waals surface area contributed by atoms with Crippen LogP contribution in [0, 0.1) is 16.7 Å². The van der Waals surface area contributed by atoms with Gasteiger partial charge in [0.2, 0.25) is 0 Å². The van der Waals surface area contributed by atoms with E-state index in [0.29, 0.717) is 23.0 Å². The Hall–Kier alpha value is -7.23. The Labute approximate surface area is 296 Å². The molecule has 0 radical (unpaired) electrons. The molecule has 6 heteroatoms. The number of nitriles is 1. The van der Waals surface area contributed by atoms with Crippen LogP contribution >= 0.6 is 0 Å². The van der Waals surface area contributed by atoms with E-state index in [-0.39, 0.29) is 0 Å². The number of hydrogen-bond donors (Lipinski definition) is 2. The lowest BCUT2D eigenvalue weighted by Crippen LogP contribution is -2.18. The van der Waals surface area contributed by atoms with Crippen LogP contribution in [0.15, 0.2) is 158 Å². The third-order valence-corrected chi connectivity index (χ3v) is 8.88. The highest BCUT2D eigenvalue weighted by Crippen LogP contribution is 2.37. The number of benzene rings is 6. The van der Waals surface area contributed by atoms with Crippen LogP contribution in [-0.4, -0.2) is 21.2 Å². The summed E-state index contributed by atoms with van der Waals surface area (Å²) >= 11 is 0. The first-order valence-electron chi connectivity index (χ1n) is 16.6. The van der Waals surface area contributed by atoms with Crippen molar-refractivity contribution in [1.82, 2.24) is 20.3 Å². The van der Waals surface area contributed by atoms with Crippen LogP contribution in [0.2, 0.25) is 0 Å². The molecule has 51 heavy (non-hydrogen) atoms. The fourth-order valence-corrected chi connectivity index (χ4v) is 6.23. The lowest BCUT2D eigenvalue weighted by atomic mass is 9.89. The summed E-state index contributed by atoms with van der Waals surface area (Å²) in [5.41, 5.74) is 11.9. The van der Waals surface area contributed by atoms with Gasteiger partial charge < -0.3 is 10.7 Å². The minimum absolute atomic E-state index is 0.605. The first-order valence-corrected chi connectivity index (χ1v) is 16.6. The largest absolute Gasteiger partial charge is 0.354 e.